The van der Waals surface area contributed by atoms with E-state index in [0.29, 0.717) is 6.54 Å². The van der Waals surface area contributed by atoms with Crippen molar-refractivity contribution in [3.8, 4) is 0 Å². The number of halogens is 1. The molecule has 2 rings (SSSR count). The molecule has 8 heteroatoms. The molecule has 0 aliphatic carbocycles. The molecule has 0 spiro atoms. The van der Waals surface area contributed by atoms with Crippen molar-refractivity contribution in [1.29, 1.82) is 0 Å². The minimum Gasteiger partial charge on any atom is -0.357 e. The molecule has 0 radical (unpaired) electrons. The molecule has 0 aliphatic rings. The second-order valence-electron chi connectivity index (χ2n) is 7.30. The van der Waals surface area contributed by atoms with Crippen LogP contribution in [-0.4, -0.2) is 45.9 Å². The topological polar surface area (TPSA) is 73.8 Å². The summed E-state index contributed by atoms with van der Waals surface area (Å²) in [6.07, 6.45) is 0.921. The maximum atomic E-state index is 12.2. The number of guanidine groups is 1. The molecule has 0 atom stereocenters. The highest BCUT2D eigenvalue weighted by Gasteiger charge is 2.16. The van der Waals surface area contributed by atoms with E-state index in [1.165, 1.54) is 35.1 Å². The molecule has 0 heterocycles. The quantitative estimate of drug-likeness (QED) is 0.303. The molecular formula is C22H33IN4O2S. The molecule has 0 saturated heterocycles. The lowest BCUT2D eigenvalue weighted by Crippen LogP contribution is -2.38. The number of rotatable bonds is 8. The van der Waals surface area contributed by atoms with Gasteiger partial charge >= 0.3 is 0 Å². The van der Waals surface area contributed by atoms with Gasteiger partial charge in [-0.2, -0.15) is 0 Å². The summed E-state index contributed by atoms with van der Waals surface area (Å²) in [6, 6.07) is 13.5. The fourth-order valence-corrected chi connectivity index (χ4v) is 3.93. The Morgan fingerprint density at radius 1 is 0.967 bits per heavy atom. The molecule has 30 heavy (non-hydrogen) atoms. The van der Waals surface area contributed by atoms with Crippen LogP contribution in [0.5, 0.6) is 0 Å². The number of sulfonamides is 1. The molecule has 0 aromatic heterocycles. The van der Waals surface area contributed by atoms with Gasteiger partial charge in [0.1, 0.15) is 0 Å². The summed E-state index contributed by atoms with van der Waals surface area (Å²) in [5.74, 6) is 0.752. The van der Waals surface area contributed by atoms with Crippen LogP contribution in [-0.2, 0) is 23.0 Å². The molecule has 2 aromatic carbocycles. The van der Waals surface area contributed by atoms with Crippen molar-refractivity contribution in [2.75, 3.05) is 27.2 Å². The van der Waals surface area contributed by atoms with Crippen molar-refractivity contribution in [2.24, 2.45) is 4.99 Å². The van der Waals surface area contributed by atoms with Crippen LogP contribution < -0.4 is 10.6 Å². The first kappa shape index (κ1) is 26.4. The van der Waals surface area contributed by atoms with Gasteiger partial charge in [-0.1, -0.05) is 41.5 Å². The van der Waals surface area contributed by atoms with Gasteiger partial charge in [-0.15, -0.1) is 24.0 Å². The van der Waals surface area contributed by atoms with E-state index >= 15 is 0 Å². The largest absolute Gasteiger partial charge is 0.357 e. The van der Waals surface area contributed by atoms with E-state index in [1.807, 2.05) is 6.92 Å². The van der Waals surface area contributed by atoms with Crippen LogP contribution in [0.2, 0.25) is 0 Å². The van der Waals surface area contributed by atoms with E-state index in [4.69, 9.17) is 0 Å². The Morgan fingerprint density at radius 3 is 2.10 bits per heavy atom. The highest BCUT2D eigenvalue weighted by Crippen LogP contribution is 2.14. The van der Waals surface area contributed by atoms with Crippen molar-refractivity contribution in [2.45, 2.75) is 38.6 Å². The Bertz CT molecular complexity index is 922. The van der Waals surface area contributed by atoms with E-state index in [1.54, 1.807) is 24.3 Å². The number of nitrogens with one attached hydrogen (secondary N) is 2. The summed E-state index contributed by atoms with van der Waals surface area (Å²) in [7, 11) is -0.350. The van der Waals surface area contributed by atoms with Crippen molar-refractivity contribution in [3.05, 3.63) is 64.7 Å². The third kappa shape index (κ3) is 7.88. The van der Waals surface area contributed by atoms with Crippen molar-refractivity contribution in [1.82, 2.24) is 14.9 Å². The summed E-state index contributed by atoms with van der Waals surface area (Å²) in [6.45, 7) is 8.29. The standard InChI is InChI=1S/C22H32N4O2S.HI/c1-6-23-22(24-12-11-20-14-17(2)13-18(3)15-20)25-16-19-7-9-21(10-8-19)29(27,28)26(4)5;/h7-10,13-15H,6,11-12,16H2,1-5H3,(H2,23,24,25);1H. The van der Waals surface area contributed by atoms with Gasteiger partial charge in [-0.3, -0.25) is 0 Å². The number of hydrogen-bond donors (Lipinski definition) is 2. The molecule has 0 amide bonds. The van der Waals surface area contributed by atoms with Crippen LogP contribution >= 0.6 is 24.0 Å². The lowest BCUT2D eigenvalue weighted by molar-refractivity contribution is 0.520. The zero-order valence-corrected chi connectivity index (χ0v) is 21.5. The van der Waals surface area contributed by atoms with Crippen LogP contribution in [0.25, 0.3) is 0 Å². The van der Waals surface area contributed by atoms with E-state index in [0.717, 1.165) is 31.0 Å². The van der Waals surface area contributed by atoms with Crippen molar-refractivity contribution < 1.29 is 8.42 Å². The highest BCUT2D eigenvalue weighted by atomic mass is 127. The first-order valence-corrected chi connectivity index (χ1v) is 11.3. The third-order valence-electron chi connectivity index (χ3n) is 4.45. The lowest BCUT2D eigenvalue weighted by atomic mass is 10.1. The maximum absolute atomic E-state index is 12.2. The van der Waals surface area contributed by atoms with Gasteiger partial charge in [0, 0.05) is 27.2 Å². The fraction of sp³-hybridized carbons (Fsp3) is 0.409. The number of benzene rings is 2. The van der Waals surface area contributed by atoms with E-state index < -0.39 is 10.0 Å². The second-order valence-corrected chi connectivity index (χ2v) is 9.45. The molecule has 0 saturated carbocycles. The molecule has 0 aliphatic heterocycles. The predicted octanol–water partition coefficient (Wildman–Crippen LogP) is 3.47. The zero-order valence-electron chi connectivity index (χ0n) is 18.4. The third-order valence-corrected chi connectivity index (χ3v) is 6.28. The SMILES string of the molecule is CCNC(=NCc1ccc(S(=O)(=O)N(C)C)cc1)NCCc1cc(C)cc(C)c1.I. The van der Waals surface area contributed by atoms with Gasteiger partial charge in [0.2, 0.25) is 10.0 Å². The average Bonchev–Trinajstić information content (AvgIpc) is 2.65. The second kappa shape index (κ2) is 12.3. The van der Waals surface area contributed by atoms with E-state index in [-0.39, 0.29) is 28.9 Å². The van der Waals surface area contributed by atoms with E-state index in [9.17, 15) is 8.42 Å². The average molecular weight is 545 g/mol. The Labute approximate surface area is 198 Å². The molecular weight excluding hydrogens is 511 g/mol. The monoisotopic (exact) mass is 544 g/mol. The molecule has 0 fully saturated rings. The van der Waals surface area contributed by atoms with E-state index in [2.05, 4.69) is 47.7 Å². The van der Waals surface area contributed by atoms with Gasteiger partial charge in [-0.05, 0) is 50.5 Å². The summed E-state index contributed by atoms with van der Waals surface area (Å²) in [5.41, 5.74) is 4.82. The minimum absolute atomic E-state index is 0. The van der Waals surface area contributed by atoms with Crippen molar-refractivity contribution in [3.63, 3.8) is 0 Å². The normalized spacial score (nSPS) is 11.9. The molecule has 0 unspecified atom stereocenters. The summed E-state index contributed by atoms with van der Waals surface area (Å²) in [4.78, 5) is 4.90. The smallest absolute Gasteiger partial charge is 0.242 e. The van der Waals surface area contributed by atoms with Crippen LogP contribution in [0, 0.1) is 13.8 Å². The maximum Gasteiger partial charge on any atom is 0.242 e. The van der Waals surface area contributed by atoms with Gasteiger partial charge in [0.15, 0.2) is 5.96 Å². The Hall–Kier alpha value is -1.65. The highest BCUT2D eigenvalue weighted by molar-refractivity contribution is 14.0. The van der Waals surface area contributed by atoms with Crippen LogP contribution in [0.3, 0.4) is 0 Å². The number of hydrogen-bond acceptors (Lipinski definition) is 3. The lowest BCUT2D eigenvalue weighted by Gasteiger charge is -2.13. The minimum atomic E-state index is -3.41. The molecule has 2 aromatic rings. The predicted molar refractivity (Wildman–Crippen MR) is 135 cm³/mol. The zero-order chi connectivity index (χ0) is 21.4. The van der Waals surface area contributed by atoms with Gasteiger partial charge in [0.25, 0.3) is 0 Å². The number of nitrogens with zero attached hydrogens (tertiary/aromatic N) is 2. The molecule has 6 nitrogen and oxygen atoms in total. The number of aryl methyl sites for hydroxylation is 2. The number of aliphatic imine (C=N–C) groups is 1. The fourth-order valence-electron chi connectivity index (χ4n) is 3.03. The molecule has 2 N–H and O–H groups in total. The molecule has 0 bridgehead atoms. The van der Waals surface area contributed by atoms with Gasteiger partial charge in [0.05, 0.1) is 11.4 Å². The summed E-state index contributed by atoms with van der Waals surface area (Å²) in [5, 5.41) is 6.61. The summed E-state index contributed by atoms with van der Waals surface area (Å²) >= 11 is 0. The first-order chi connectivity index (χ1) is 13.7. The van der Waals surface area contributed by atoms with Gasteiger partial charge < -0.3 is 10.6 Å². The van der Waals surface area contributed by atoms with Gasteiger partial charge in [-0.25, -0.2) is 17.7 Å². The Kier molecular flexibility index (Phi) is 10.8. The van der Waals surface area contributed by atoms with Crippen molar-refractivity contribution >= 4 is 40.0 Å². The van der Waals surface area contributed by atoms with Crippen LogP contribution in [0.1, 0.15) is 29.2 Å². The first-order valence-electron chi connectivity index (χ1n) is 9.83. The Morgan fingerprint density at radius 2 is 1.57 bits per heavy atom. The Balaban J connectivity index is 0.00000450. The summed E-state index contributed by atoms with van der Waals surface area (Å²) < 4.78 is 25.5. The van der Waals surface area contributed by atoms with Crippen LogP contribution in [0.15, 0.2) is 52.4 Å². The van der Waals surface area contributed by atoms with Crippen LogP contribution in [0.4, 0.5) is 0 Å². The molecule has 166 valence electrons.